The van der Waals surface area contributed by atoms with Crippen molar-refractivity contribution in [1.29, 1.82) is 0 Å². The molecule has 24 heavy (non-hydrogen) atoms. The monoisotopic (exact) mass is 317 g/mol. The molecule has 0 heteroatoms. The number of hydrogen-bond donors (Lipinski definition) is 0. The van der Waals surface area contributed by atoms with Crippen molar-refractivity contribution in [1.82, 2.24) is 0 Å². The van der Waals surface area contributed by atoms with Gasteiger partial charge in [-0.1, -0.05) is 142 Å². The third-order valence-corrected chi connectivity index (χ3v) is 2.75. The van der Waals surface area contributed by atoms with Gasteiger partial charge in [-0.3, -0.25) is 0 Å². The van der Waals surface area contributed by atoms with E-state index in [2.05, 4.69) is 25.2 Å². The maximum atomic E-state index is 5.21. The maximum absolute atomic E-state index is 5.21. The highest BCUT2D eigenvalue weighted by Gasteiger charge is 1.74. The zero-order chi connectivity index (χ0) is 17.6. The van der Waals surface area contributed by atoms with Crippen LogP contribution in [0, 0.1) is 6.58 Å². The predicted molar refractivity (Wildman–Crippen MR) is 111 cm³/mol. The van der Waals surface area contributed by atoms with Crippen molar-refractivity contribution in [3.63, 3.8) is 0 Å². The lowest BCUT2D eigenvalue weighted by Crippen LogP contribution is -1.64. The number of hydrogen-bond acceptors (Lipinski definition) is 0. The van der Waals surface area contributed by atoms with Crippen LogP contribution in [0.4, 0.5) is 0 Å². The van der Waals surface area contributed by atoms with Gasteiger partial charge in [0.1, 0.15) is 0 Å². The van der Waals surface area contributed by atoms with Crippen LogP contribution in [0.25, 0.3) is 0 Å². The van der Waals surface area contributed by atoms with E-state index >= 15 is 0 Å². The predicted octanol–water partition coefficient (Wildman–Crippen LogP) is 7.17. The molecule has 1 radical (unpaired) electrons. The molecule has 0 unspecified atom stereocenters. The minimum absolute atomic E-state index is 1.16. The highest BCUT2D eigenvalue weighted by Crippen LogP contribution is 1.95. The van der Waals surface area contributed by atoms with Crippen molar-refractivity contribution in [3.8, 4) is 0 Å². The van der Waals surface area contributed by atoms with E-state index < -0.39 is 0 Å². The lowest BCUT2D eigenvalue weighted by atomic mass is 10.2. The van der Waals surface area contributed by atoms with Gasteiger partial charge in [-0.25, -0.2) is 0 Å². The van der Waals surface area contributed by atoms with Gasteiger partial charge >= 0.3 is 0 Å². The highest BCUT2D eigenvalue weighted by atomic mass is 13.8. The van der Waals surface area contributed by atoms with Crippen LogP contribution in [0.5, 0.6) is 0 Å². The van der Waals surface area contributed by atoms with Gasteiger partial charge in [-0.2, -0.15) is 0 Å². The third kappa shape index (κ3) is 19.4. The highest BCUT2D eigenvalue weighted by molar-refractivity contribution is 5.22. The zero-order valence-electron chi connectivity index (χ0n) is 14.7. The fourth-order valence-electron chi connectivity index (χ4n) is 1.52. The van der Waals surface area contributed by atoms with Gasteiger partial charge in [0, 0.05) is 0 Å². The molecular formula is C24H29. The molecule has 0 aliphatic heterocycles. The van der Waals surface area contributed by atoms with E-state index in [0.717, 1.165) is 6.42 Å². The van der Waals surface area contributed by atoms with Crippen molar-refractivity contribution in [2.75, 3.05) is 0 Å². The summed E-state index contributed by atoms with van der Waals surface area (Å²) in [5.74, 6) is 0. The summed E-state index contributed by atoms with van der Waals surface area (Å²) in [5.41, 5.74) is 0. The van der Waals surface area contributed by atoms with Crippen LogP contribution in [0.15, 0.2) is 115 Å². The van der Waals surface area contributed by atoms with Gasteiger partial charge in [0.15, 0.2) is 0 Å². The molecular weight excluding hydrogens is 288 g/mol. The Labute approximate surface area is 148 Å². The summed E-state index contributed by atoms with van der Waals surface area (Å²) >= 11 is 0. The molecule has 125 valence electrons. The first-order valence-electron chi connectivity index (χ1n) is 8.45. The first kappa shape index (κ1) is 21.4. The zero-order valence-corrected chi connectivity index (χ0v) is 14.7. The summed E-state index contributed by atoms with van der Waals surface area (Å²) in [7, 11) is 0. The molecule has 0 aliphatic carbocycles. The molecule has 0 bridgehead atoms. The summed E-state index contributed by atoms with van der Waals surface area (Å²) in [4.78, 5) is 0. The third-order valence-electron chi connectivity index (χ3n) is 2.75. The Morgan fingerprint density at radius 2 is 0.833 bits per heavy atom. The van der Waals surface area contributed by atoms with E-state index in [1.165, 1.54) is 18.9 Å². The minimum atomic E-state index is 1.16. The van der Waals surface area contributed by atoms with Crippen molar-refractivity contribution in [3.05, 3.63) is 122 Å². The summed E-state index contributed by atoms with van der Waals surface area (Å²) in [6.45, 7) is 7.42. The van der Waals surface area contributed by atoms with Crippen LogP contribution >= 0.6 is 0 Å². The molecule has 0 N–H and O–H groups in total. The molecule has 0 amide bonds. The van der Waals surface area contributed by atoms with E-state index in [9.17, 15) is 0 Å². The van der Waals surface area contributed by atoms with Crippen molar-refractivity contribution in [2.45, 2.75) is 26.2 Å². The van der Waals surface area contributed by atoms with Crippen LogP contribution in [-0.2, 0) is 0 Å². The lowest BCUT2D eigenvalue weighted by Gasteiger charge is -1.84. The second-order valence-corrected chi connectivity index (χ2v) is 4.84. The minimum Gasteiger partial charge on any atom is -0.0845 e. The van der Waals surface area contributed by atoms with Crippen molar-refractivity contribution < 1.29 is 0 Å². The van der Waals surface area contributed by atoms with Gasteiger partial charge in [0.2, 0.25) is 0 Å². The Hall–Kier alpha value is -2.60. The first-order chi connectivity index (χ1) is 11.9. The van der Waals surface area contributed by atoms with Crippen molar-refractivity contribution in [2.24, 2.45) is 0 Å². The van der Waals surface area contributed by atoms with Crippen LogP contribution in [-0.4, -0.2) is 0 Å². The average Bonchev–Trinajstić information content (AvgIpc) is 2.60. The summed E-state index contributed by atoms with van der Waals surface area (Å²) in [6, 6.07) is 0. The van der Waals surface area contributed by atoms with Gasteiger partial charge in [0.25, 0.3) is 0 Å². The van der Waals surface area contributed by atoms with Crippen molar-refractivity contribution >= 4 is 0 Å². The summed E-state index contributed by atoms with van der Waals surface area (Å²) < 4.78 is 0. The molecule has 0 rings (SSSR count). The number of rotatable bonds is 12. The quantitative estimate of drug-likeness (QED) is 0.264. The van der Waals surface area contributed by atoms with E-state index in [1.54, 1.807) is 6.08 Å². The smallest absolute Gasteiger partial charge is 0.0348 e. The molecule has 0 aromatic carbocycles. The van der Waals surface area contributed by atoms with Gasteiger partial charge < -0.3 is 0 Å². The molecule has 0 nitrogen and oxygen atoms in total. The van der Waals surface area contributed by atoms with E-state index in [0.29, 0.717) is 0 Å². The van der Waals surface area contributed by atoms with Gasteiger partial charge in [0.05, 0.1) is 0 Å². The Morgan fingerprint density at radius 1 is 0.500 bits per heavy atom. The molecule has 0 atom stereocenters. The van der Waals surface area contributed by atoms with Crippen LogP contribution in [0.1, 0.15) is 26.2 Å². The summed E-state index contributed by atoms with van der Waals surface area (Å²) in [5, 5.41) is 0. The maximum Gasteiger partial charge on any atom is -0.0348 e. The lowest BCUT2D eigenvalue weighted by molar-refractivity contribution is 0.815. The number of unbranched alkanes of at least 4 members (excludes halogenated alkanes) is 2. The number of allylic oxidation sites excluding steroid dienone is 19. The average molecular weight is 317 g/mol. The topological polar surface area (TPSA) is 0 Å². The fraction of sp³-hybridized carbons (Fsp3) is 0.167. The molecule has 0 aliphatic rings. The van der Waals surface area contributed by atoms with E-state index in [1.807, 2.05) is 85.1 Å². The SMILES string of the molecule is [CH]=CC=CC=CC=CC=CC=CC=CC=CC=CC=CCCCC. The molecule has 0 saturated carbocycles. The molecule has 0 aromatic heterocycles. The Morgan fingerprint density at radius 3 is 1.17 bits per heavy atom. The molecule has 0 saturated heterocycles. The molecule has 0 aromatic rings. The van der Waals surface area contributed by atoms with Crippen LogP contribution in [0.3, 0.4) is 0 Å². The molecule has 0 spiro atoms. The van der Waals surface area contributed by atoms with E-state index in [4.69, 9.17) is 6.58 Å². The standard InChI is InChI=1S/C24H29/c1-3-5-7-9-11-13-15-17-19-21-23-24-22-20-18-16-14-12-10-8-6-4-2/h1,3,5,7,9-24H,4,6,8H2,2H3. The normalized spacial score (nSPS) is 14.0. The van der Waals surface area contributed by atoms with E-state index in [-0.39, 0.29) is 0 Å². The second-order valence-electron chi connectivity index (χ2n) is 4.84. The molecule has 0 fully saturated rings. The van der Waals surface area contributed by atoms with Crippen LogP contribution < -0.4 is 0 Å². The van der Waals surface area contributed by atoms with Crippen LogP contribution in [0.2, 0.25) is 0 Å². The van der Waals surface area contributed by atoms with Gasteiger partial charge in [-0.05, 0) is 6.42 Å². The summed E-state index contributed by atoms with van der Waals surface area (Å²) in [6.07, 6.45) is 41.1. The first-order valence-corrected chi connectivity index (χ1v) is 8.45. The second kappa shape index (κ2) is 20.4. The molecule has 0 heterocycles. The van der Waals surface area contributed by atoms with Gasteiger partial charge in [-0.15, -0.1) is 0 Å². The Kier molecular flexibility index (Phi) is 18.2. The fourth-order valence-corrected chi connectivity index (χ4v) is 1.52. The Bertz CT molecular complexity index is 541. The Balaban J connectivity index is 3.84. The largest absolute Gasteiger partial charge is 0.0845 e.